The molecule has 7 nitrogen and oxygen atoms in total. The van der Waals surface area contributed by atoms with Gasteiger partial charge in [-0.3, -0.25) is 19.2 Å². The minimum atomic E-state index is -3.01. The number of benzene rings is 1. The number of nitrogens with one attached hydrogen (secondary N) is 1. The van der Waals surface area contributed by atoms with Gasteiger partial charge in [-0.1, -0.05) is 30.2 Å². The third-order valence-electron chi connectivity index (χ3n) is 6.70. The first-order chi connectivity index (χ1) is 17.8. The Morgan fingerprint density at radius 2 is 1.84 bits per heavy atom. The fraction of sp³-hybridized carbons (Fsp3) is 0.333. The maximum atomic E-state index is 13.7. The molecule has 4 aromatic rings. The van der Waals surface area contributed by atoms with Crippen LogP contribution in [0, 0.1) is 0 Å². The largest absolute Gasteiger partial charge is 0.350 e. The smallest absolute Gasteiger partial charge is 0.286 e. The van der Waals surface area contributed by atoms with Crippen molar-refractivity contribution in [2.75, 3.05) is 19.6 Å². The second-order valence-corrected chi connectivity index (χ2v) is 9.69. The average molecular weight is 525 g/mol. The highest BCUT2D eigenvalue weighted by atomic mass is 35.5. The Labute approximate surface area is 218 Å². The number of fused-ring (bicyclic) bond motifs is 1. The average Bonchev–Trinajstić information content (AvgIpc) is 3.31. The summed E-state index contributed by atoms with van der Waals surface area (Å²) in [6, 6.07) is 9.99. The number of halogens is 3. The van der Waals surface area contributed by atoms with Gasteiger partial charge in [0.25, 0.3) is 11.8 Å². The standard InChI is InChI=1S/C27H27ClF2N6O/c1-27(29,30)23-10-9-18(15-33-23)22(35-13-3-2-4-14-35)16-34-25(37)19-17-36(26-31-11-6-12-32-26)21-8-5-7-20(28)24(19)21/h5-12,15,17,22H,2-4,13-14,16H2,1H3,(H,34,37). The molecule has 1 aromatic carbocycles. The molecule has 1 atom stereocenters. The molecule has 37 heavy (non-hydrogen) atoms. The van der Waals surface area contributed by atoms with E-state index in [9.17, 15) is 13.6 Å². The molecular weight excluding hydrogens is 498 g/mol. The van der Waals surface area contributed by atoms with Gasteiger partial charge in [-0.2, -0.15) is 8.78 Å². The lowest BCUT2D eigenvalue weighted by Crippen LogP contribution is -2.40. The van der Waals surface area contributed by atoms with Crippen LogP contribution in [0.5, 0.6) is 0 Å². The number of piperidine rings is 1. The number of aromatic nitrogens is 4. The number of hydrogen-bond acceptors (Lipinski definition) is 5. The number of amides is 1. The van der Waals surface area contributed by atoms with Gasteiger partial charge >= 0.3 is 0 Å². The molecule has 1 fully saturated rings. The van der Waals surface area contributed by atoms with Crippen molar-refractivity contribution in [2.45, 2.75) is 38.2 Å². The monoisotopic (exact) mass is 524 g/mol. The SMILES string of the molecule is CC(F)(F)c1ccc(C(CNC(=O)c2cn(-c3ncccn3)c3cccc(Cl)c23)N2CCCCC2)cn1. The van der Waals surface area contributed by atoms with E-state index in [1.807, 2.05) is 12.1 Å². The minimum absolute atomic E-state index is 0.197. The van der Waals surface area contributed by atoms with Gasteiger partial charge in [-0.05, 0) is 55.8 Å². The van der Waals surface area contributed by atoms with Crippen LogP contribution >= 0.6 is 11.6 Å². The molecule has 192 valence electrons. The normalized spacial score (nSPS) is 15.6. The quantitative estimate of drug-likeness (QED) is 0.343. The van der Waals surface area contributed by atoms with E-state index < -0.39 is 5.92 Å². The number of hydrogen-bond donors (Lipinski definition) is 1. The van der Waals surface area contributed by atoms with E-state index in [-0.39, 0.29) is 17.6 Å². The van der Waals surface area contributed by atoms with Gasteiger partial charge in [-0.25, -0.2) is 9.97 Å². The van der Waals surface area contributed by atoms with Gasteiger partial charge < -0.3 is 5.32 Å². The van der Waals surface area contributed by atoms with Crippen LogP contribution in [0.15, 0.2) is 61.2 Å². The lowest BCUT2D eigenvalue weighted by atomic mass is 10.0. The summed E-state index contributed by atoms with van der Waals surface area (Å²) < 4.78 is 29.2. The Morgan fingerprint density at radius 3 is 2.51 bits per heavy atom. The topological polar surface area (TPSA) is 75.9 Å². The van der Waals surface area contributed by atoms with Crippen LogP contribution in [0.1, 0.15) is 53.8 Å². The van der Waals surface area contributed by atoms with E-state index in [0.717, 1.165) is 50.4 Å². The summed E-state index contributed by atoms with van der Waals surface area (Å²) in [5.41, 5.74) is 1.64. The zero-order chi connectivity index (χ0) is 26.0. The van der Waals surface area contributed by atoms with Crippen LogP contribution in [-0.4, -0.2) is 50.0 Å². The summed E-state index contributed by atoms with van der Waals surface area (Å²) in [6.45, 7) is 2.85. The third-order valence-corrected chi connectivity index (χ3v) is 7.01. The molecule has 4 heterocycles. The number of alkyl halides is 2. The maximum absolute atomic E-state index is 13.7. The summed E-state index contributed by atoms with van der Waals surface area (Å²) in [5, 5.41) is 4.11. The van der Waals surface area contributed by atoms with E-state index >= 15 is 0 Å². The second kappa shape index (κ2) is 10.5. The number of likely N-dealkylation sites (tertiary alicyclic amines) is 1. The van der Waals surface area contributed by atoms with Gasteiger partial charge in [0.15, 0.2) is 0 Å². The number of carbonyl (C=O) groups excluding carboxylic acids is 1. The van der Waals surface area contributed by atoms with Crippen LogP contribution in [0.25, 0.3) is 16.9 Å². The minimum Gasteiger partial charge on any atom is -0.350 e. The summed E-state index contributed by atoms with van der Waals surface area (Å²) in [6.07, 6.45) is 9.69. The van der Waals surface area contributed by atoms with Gasteiger partial charge in [0.1, 0.15) is 5.69 Å². The van der Waals surface area contributed by atoms with E-state index in [1.165, 1.54) is 12.3 Å². The van der Waals surface area contributed by atoms with E-state index in [1.54, 1.807) is 41.4 Å². The highest BCUT2D eigenvalue weighted by Crippen LogP contribution is 2.31. The summed E-state index contributed by atoms with van der Waals surface area (Å²) in [4.78, 5) is 28.4. The molecule has 1 aliphatic rings. The summed E-state index contributed by atoms with van der Waals surface area (Å²) in [5.74, 6) is -2.87. The molecule has 0 saturated carbocycles. The molecule has 0 spiro atoms. The lowest BCUT2D eigenvalue weighted by molar-refractivity contribution is 0.0127. The molecule has 1 N–H and O–H groups in total. The third kappa shape index (κ3) is 5.33. The predicted molar refractivity (Wildman–Crippen MR) is 138 cm³/mol. The van der Waals surface area contributed by atoms with Crippen molar-refractivity contribution in [1.29, 1.82) is 0 Å². The Hall–Kier alpha value is -3.43. The van der Waals surface area contributed by atoms with Crippen molar-refractivity contribution in [3.05, 3.63) is 83.0 Å². The fourth-order valence-corrected chi connectivity index (χ4v) is 5.10. The van der Waals surface area contributed by atoms with Gasteiger partial charge in [0, 0.05) is 43.6 Å². The highest BCUT2D eigenvalue weighted by molar-refractivity contribution is 6.37. The second-order valence-electron chi connectivity index (χ2n) is 9.28. The van der Waals surface area contributed by atoms with Crippen molar-refractivity contribution in [3.63, 3.8) is 0 Å². The van der Waals surface area contributed by atoms with Crippen LogP contribution in [0.2, 0.25) is 5.02 Å². The highest BCUT2D eigenvalue weighted by Gasteiger charge is 2.28. The molecule has 3 aromatic heterocycles. The fourth-order valence-electron chi connectivity index (χ4n) is 4.83. The molecule has 1 unspecified atom stereocenters. The molecule has 0 aliphatic carbocycles. The van der Waals surface area contributed by atoms with E-state index in [0.29, 0.717) is 28.5 Å². The van der Waals surface area contributed by atoms with Gasteiger partial charge in [0.05, 0.1) is 22.1 Å². The molecule has 0 bridgehead atoms. The number of nitrogens with zero attached hydrogens (tertiary/aromatic N) is 5. The zero-order valence-electron chi connectivity index (χ0n) is 20.4. The van der Waals surface area contributed by atoms with Crippen LogP contribution in [-0.2, 0) is 5.92 Å². The van der Waals surface area contributed by atoms with Gasteiger partial charge in [0.2, 0.25) is 5.95 Å². The first-order valence-electron chi connectivity index (χ1n) is 12.3. The van der Waals surface area contributed by atoms with E-state index in [2.05, 4.69) is 25.2 Å². The Balaban J connectivity index is 1.44. The van der Waals surface area contributed by atoms with Crippen molar-refractivity contribution >= 4 is 28.4 Å². The van der Waals surface area contributed by atoms with Crippen LogP contribution in [0.4, 0.5) is 8.78 Å². The van der Waals surface area contributed by atoms with Crippen molar-refractivity contribution < 1.29 is 13.6 Å². The van der Waals surface area contributed by atoms with E-state index in [4.69, 9.17) is 11.6 Å². The van der Waals surface area contributed by atoms with Crippen molar-refractivity contribution in [1.82, 2.24) is 29.7 Å². The first-order valence-corrected chi connectivity index (χ1v) is 12.6. The van der Waals surface area contributed by atoms with Gasteiger partial charge in [-0.15, -0.1) is 0 Å². The zero-order valence-corrected chi connectivity index (χ0v) is 21.1. The Kier molecular flexibility index (Phi) is 7.17. The molecule has 1 aliphatic heterocycles. The molecule has 1 saturated heterocycles. The molecular formula is C27H27ClF2N6O. The molecule has 5 rings (SSSR count). The maximum Gasteiger partial charge on any atom is 0.286 e. The molecule has 0 radical (unpaired) electrons. The molecule has 10 heteroatoms. The van der Waals surface area contributed by atoms with Crippen molar-refractivity contribution in [3.8, 4) is 5.95 Å². The predicted octanol–water partition coefficient (Wildman–Crippen LogP) is 5.54. The first kappa shape index (κ1) is 25.2. The number of rotatable bonds is 7. The number of carbonyl (C=O) groups is 1. The molecule has 1 amide bonds. The lowest BCUT2D eigenvalue weighted by Gasteiger charge is -2.35. The van der Waals surface area contributed by atoms with Crippen LogP contribution < -0.4 is 5.32 Å². The Morgan fingerprint density at radius 1 is 1.08 bits per heavy atom. The summed E-state index contributed by atoms with van der Waals surface area (Å²) >= 11 is 6.53. The Bertz CT molecular complexity index is 1380. The summed E-state index contributed by atoms with van der Waals surface area (Å²) in [7, 11) is 0. The van der Waals surface area contributed by atoms with Crippen molar-refractivity contribution in [2.24, 2.45) is 0 Å². The number of pyridine rings is 1. The van der Waals surface area contributed by atoms with Crippen LogP contribution in [0.3, 0.4) is 0 Å².